The minimum absolute atomic E-state index is 0.0291. The average molecular weight is 373 g/mol. The number of nitrogen functional groups attached to an aromatic ring is 1. The molecule has 0 heterocycles. The van der Waals surface area contributed by atoms with E-state index in [1.807, 2.05) is 0 Å². The van der Waals surface area contributed by atoms with E-state index in [-0.39, 0.29) is 17.0 Å². The van der Waals surface area contributed by atoms with Crippen LogP contribution in [0.15, 0.2) is 45.3 Å². The Balaban J connectivity index is 2.44. The molecule has 0 aliphatic carbocycles. The van der Waals surface area contributed by atoms with Gasteiger partial charge in [-0.3, -0.25) is 4.79 Å². The van der Waals surface area contributed by atoms with Gasteiger partial charge in [-0.15, -0.1) is 0 Å². The van der Waals surface area contributed by atoms with Crippen molar-refractivity contribution in [1.82, 2.24) is 0 Å². The minimum Gasteiger partial charge on any atom is -0.396 e. The van der Waals surface area contributed by atoms with Crippen molar-refractivity contribution in [3.63, 3.8) is 0 Å². The van der Waals surface area contributed by atoms with Crippen molar-refractivity contribution in [1.29, 1.82) is 0 Å². The van der Waals surface area contributed by atoms with Crippen LogP contribution in [-0.4, -0.2) is 5.78 Å². The van der Waals surface area contributed by atoms with Gasteiger partial charge in [0.15, 0.2) is 5.78 Å². The topological polar surface area (TPSA) is 43.1 Å². The third-order valence-corrected chi connectivity index (χ3v) is 3.59. The number of nitrogens with two attached hydrogens (primary N) is 1. The summed E-state index contributed by atoms with van der Waals surface area (Å²) in [6.45, 7) is 0. The summed E-state index contributed by atoms with van der Waals surface area (Å²) in [5, 5.41) is 0. The van der Waals surface area contributed by atoms with Crippen molar-refractivity contribution in [3.05, 3.63) is 62.3 Å². The Kier molecular flexibility index (Phi) is 3.82. The van der Waals surface area contributed by atoms with Crippen molar-refractivity contribution in [3.8, 4) is 0 Å². The zero-order valence-corrected chi connectivity index (χ0v) is 12.3. The normalized spacial score (nSPS) is 10.4. The van der Waals surface area contributed by atoms with Crippen molar-refractivity contribution >= 4 is 43.3 Å². The largest absolute Gasteiger partial charge is 0.396 e. The average Bonchev–Trinajstić information content (AvgIpc) is 2.32. The molecule has 92 valence electrons. The van der Waals surface area contributed by atoms with Crippen LogP contribution in [0.2, 0.25) is 0 Å². The summed E-state index contributed by atoms with van der Waals surface area (Å²) >= 11 is 6.61. The van der Waals surface area contributed by atoms with E-state index in [0.29, 0.717) is 10.0 Å². The summed E-state index contributed by atoms with van der Waals surface area (Å²) in [5.41, 5.74) is 6.15. The van der Waals surface area contributed by atoms with E-state index in [1.54, 1.807) is 18.2 Å². The molecule has 2 aromatic carbocycles. The SMILES string of the molecule is Nc1ccc(C(=O)c2ccc(Br)cc2Br)cc1F. The number of ketones is 1. The molecule has 0 aliphatic heterocycles. The molecule has 0 amide bonds. The molecule has 0 unspecified atom stereocenters. The van der Waals surface area contributed by atoms with Crippen molar-refractivity contribution in [2.75, 3.05) is 5.73 Å². The van der Waals surface area contributed by atoms with Gasteiger partial charge in [0.05, 0.1) is 5.69 Å². The van der Waals surface area contributed by atoms with Crippen LogP contribution < -0.4 is 5.73 Å². The van der Waals surface area contributed by atoms with Gasteiger partial charge in [-0.2, -0.15) is 0 Å². The van der Waals surface area contributed by atoms with Crippen LogP contribution in [0.4, 0.5) is 10.1 Å². The molecule has 0 atom stereocenters. The second-order valence-corrected chi connectivity index (χ2v) is 5.46. The van der Waals surface area contributed by atoms with E-state index in [9.17, 15) is 9.18 Å². The number of hydrogen-bond acceptors (Lipinski definition) is 2. The number of halogens is 3. The predicted molar refractivity (Wildman–Crippen MR) is 76.1 cm³/mol. The fourth-order valence-electron chi connectivity index (χ4n) is 1.50. The summed E-state index contributed by atoms with van der Waals surface area (Å²) in [5.74, 6) is -0.845. The molecule has 2 aromatic rings. The Morgan fingerprint density at radius 2 is 1.83 bits per heavy atom. The van der Waals surface area contributed by atoms with E-state index < -0.39 is 5.82 Å². The van der Waals surface area contributed by atoms with Gasteiger partial charge < -0.3 is 5.73 Å². The third kappa shape index (κ3) is 2.62. The van der Waals surface area contributed by atoms with E-state index in [4.69, 9.17) is 5.73 Å². The number of carbonyl (C=O) groups excluding carboxylic acids is 1. The van der Waals surface area contributed by atoms with Gasteiger partial charge in [0, 0.05) is 20.1 Å². The first kappa shape index (κ1) is 13.2. The first-order valence-electron chi connectivity index (χ1n) is 5.04. The van der Waals surface area contributed by atoms with Crippen molar-refractivity contribution < 1.29 is 9.18 Å². The monoisotopic (exact) mass is 371 g/mol. The van der Waals surface area contributed by atoms with Gasteiger partial charge in [-0.1, -0.05) is 15.9 Å². The molecule has 0 bridgehead atoms. The maximum atomic E-state index is 13.3. The van der Waals surface area contributed by atoms with Crippen LogP contribution in [0, 0.1) is 5.82 Å². The number of anilines is 1. The second kappa shape index (κ2) is 5.20. The fraction of sp³-hybridized carbons (Fsp3) is 0. The van der Waals surface area contributed by atoms with Crippen LogP contribution in [-0.2, 0) is 0 Å². The molecule has 18 heavy (non-hydrogen) atoms. The van der Waals surface area contributed by atoms with Crippen LogP contribution in [0.5, 0.6) is 0 Å². The molecule has 2 rings (SSSR count). The zero-order chi connectivity index (χ0) is 13.3. The summed E-state index contributed by atoms with van der Waals surface area (Å²) in [6, 6.07) is 9.23. The van der Waals surface area contributed by atoms with Crippen LogP contribution in [0.3, 0.4) is 0 Å². The molecule has 2 nitrogen and oxygen atoms in total. The van der Waals surface area contributed by atoms with Gasteiger partial charge >= 0.3 is 0 Å². The van der Waals surface area contributed by atoms with Crippen LogP contribution in [0.1, 0.15) is 15.9 Å². The molecule has 0 radical (unpaired) electrons. The Labute approximate surface area is 120 Å². The van der Waals surface area contributed by atoms with Crippen molar-refractivity contribution in [2.45, 2.75) is 0 Å². The number of benzene rings is 2. The highest BCUT2D eigenvalue weighted by Crippen LogP contribution is 2.25. The van der Waals surface area contributed by atoms with Gasteiger partial charge in [0.2, 0.25) is 0 Å². The molecule has 0 spiro atoms. The molecule has 0 aliphatic rings. The standard InChI is InChI=1S/C13H8Br2FNO/c14-8-2-3-9(10(15)6-8)13(18)7-1-4-12(17)11(16)5-7/h1-6H,17H2. The molecule has 5 heteroatoms. The third-order valence-electron chi connectivity index (χ3n) is 2.44. The van der Waals surface area contributed by atoms with E-state index >= 15 is 0 Å². The quantitative estimate of drug-likeness (QED) is 0.635. The van der Waals surface area contributed by atoms with Gasteiger partial charge in [-0.25, -0.2) is 4.39 Å². The van der Waals surface area contributed by atoms with Crippen LogP contribution in [0.25, 0.3) is 0 Å². The smallest absolute Gasteiger partial charge is 0.194 e. The molecule has 2 N–H and O–H groups in total. The highest BCUT2D eigenvalue weighted by Gasteiger charge is 2.14. The minimum atomic E-state index is -0.589. The maximum absolute atomic E-state index is 13.3. The molecular weight excluding hydrogens is 365 g/mol. The Hall–Kier alpha value is -1.20. The Morgan fingerprint density at radius 3 is 2.44 bits per heavy atom. The highest BCUT2D eigenvalue weighted by molar-refractivity contribution is 9.11. The molecular formula is C13H8Br2FNO. The van der Waals surface area contributed by atoms with Gasteiger partial charge in [0.1, 0.15) is 5.82 Å². The van der Waals surface area contributed by atoms with E-state index in [1.165, 1.54) is 12.1 Å². The molecule has 0 saturated carbocycles. The number of carbonyl (C=O) groups is 1. The highest BCUT2D eigenvalue weighted by atomic mass is 79.9. The van der Waals surface area contributed by atoms with Gasteiger partial charge in [-0.05, 0) is 52.3 Å². The lowest BCUT2D eigenvalue weighted by Gasteiger charge is -2.05. The Bertz CT molecular complexity index is 628. The molecule has 0 saturated heterocycles. The van der Waals surface area contributed by atoms with E-state index in [2.05, 4.69) is 31.9 Å². The lowest BCUT2D eigenvalue weighted by Crippen LogP contribution is -2.04. The first-order chi connectivity index (χ1) is 8.49. The summed E-state index contributed by atoms with van der Waals surface area (Å²) in [6.07, 6.45) is 0. The molecule has 0 aromatic heterocycles. The Morgan fingerprint density at radius 1 is 1.11 bits per heavy atom. The fourth-order valence-corrected chi connectivity index (χ4v) is 2.72. The van der Waals surface area contributed by atoms with Gasteiger partial charge in [0.25, 0.3) is 0 Å². The first-order valence-corrected chi connectivity index (χ1v) is 6.62. The predicted octanol–water partition coefficient (Wildman–Crippen LogP) is 4.16. The number of rotatable bonds is 2. The lowest BCUT2D eigenvalue weighted by molar-refractivity contribution is 0.103. The second-order valence-electron chi connectivity index (χ2n) is 3.69. The maximum Gasteiger partial charge on any atom is 0.194 e. The van der Waals surface area contributed by atoms with Crippen molar-refractivity contribution in [2.24, 2.45) is 0 Å². The van der Waals surface area contributed by atoms with Crippen LogP contribution >= 0.6 is 31.9 Å². The summed E-state index contributed by atoms with van der Waals surface area (Å²) in [4.78, 5) is 12.2. The number of hydrogen-bond donors (Lipinski definition) is 1. The lowest BCUT2D eigenvalue weighted by atomic mass is 10.0. The summed E-state index contributed by atoms with van der Waals surface area (Å²) < 4.78 is 14.8. The zero-order valence-electron chi connectivity index (χ0n) is 9.08. The van der Waals surface area contributed by atoms with E-state index in [0.717, 1.165) is 10.5 Å². The molecule has 0 fully saturated rings. The summed E-state index contributed by atoms with van der Waals surface area (Å²) in [7, 11) is 0.